The lowest BCUT2D eigenvalue weighted by Crippen LogP contribution is -2.28. The maximum Gasteiger partial charge on any atom is 0.143 e. The Morgan fingerprint density at radius 2 is 0.983 bits per heavy atom. The highest BCUT2D eigenvalue weighted by atomic mass is 32.1. The van der Waals surface area contributed by atoms with E-state index in [2.05, 4.69) is 211 Å². The highest BCUT2D eigenvalue weighted by Gasteiger charge is 2.46. The van der Waals surface area contributed by atoms with Crippen molar-refractivity contribution in [3.8, 4) is 22.3 Å². The summed E-state index contributed by atoms with van der Waals surface area (Å²) in [6, 6.07) is 77.6. The van der Waals surface area contributed by atoms with Gasteiger partial charge in [-0.3, -0.25) is 0 Å². The molecule has 12 rings (SSSR count). The molecule has 2 aromatic heterocycles. The molecule has 3 heteroatoms. The molecule has 272 valence electrons. The molecule has 0 bridgehead atoms. The summed E-state index contributed by atoms with van der Waals surface area (Å²) in [4.78, 5) is 2.43. The molecule has 0 radical (unpaired) electrons. The summed E-state index contributed by atoms with van der Waals surface area (Å²) in [6.07, 6.45) is 0. The van der Waals surface area contributed by atoms with Crippen LogP contribution in [0.15, 0.2) is 217 Å². The summed E-state index contributed by atoms with van der Waals surface area (Å²) in [5, 5.41) is 4.81. The van der Waals surface area contributed by atoms with Crippen LogP contribution in [0.2, 0.25) is 0 Å². The van der Waals surface area contributed by atoms with Crippen molar-refractivity contribution in [1.29, 1.82) is 0 Å². The minimum Gasteiger partial charge on any atom is -0.455 e. The Kier molecular flexibility index (Phi) is 7.35. The lowest BCUT2D eigenvalue weighted by atomic mass is 9.68. The summed E-state index contributed by atoms with van der Waals surface area (Å²) in [6.45, 7) is 0. The van der Waals surface area contributed by atoms with Crippen LogP contribution < -0.4 is 4.90 Å². The van der Waals surface area contributed by atoms with Crippen molar-refractivity contribution in [3.63, 3.8) is 0 Å². The lowest BCUT2D eigenvalue weighted by Gasteiger charge is -2.34. The topological polar surface area (TPSA) is 16.4 Å². The van der Waals surface area contributed by atoms with Crippen LogP contribution in [-0.2, 0) is 5.41 Å². The van der Waals surface area contributed by atoms with Crippen LogP contribution in [-0.4, -0.2) is 0 Å². The third-order valence-electron chi connectivity index (χ3n) is 12.1. The van der Waals surface area contributed by atoms with E-state index >= 15 is 0 Å². The number of anilines is 3. The van der Waals surface area contributed by atoms with Crippen LogP contribution in [0.1, 0.15) is 22.3 Å². The van der Waals surface area contributed by atoms with Gasteiger partial charge in [0, 0.05) is 53.6 Å². The Morgan fingerprint density at radius 1 is 0.379 bits per heavy atom. The fourth-order valence-corrected chi connectivity index (χ4v) is 10.8. The third-order valence-corrected chi connectivity index (χ3v) is 13.3. The second-order valence-electron chi connectivity index (χ2n) is 15.2. The monoisotopic (exact) mass is 757 g/mol. The van der Waals surface area contributed by atoms with Crippen molar-refractivity contribution in [2.24, 2.45) is 0 Å². The van der Waals surface area contributed by atoms with Gasteiger partial charge in [0.25, 0.3) is 0 Å². The number of furan rings is 1. The number of thiophene rings is 1. The third kappa shape index (κ3) is 4.84. The van der Waals surface area contributed by atoms with Crippen LogP contribution in [0.25, 0.3) is 64.4 Å². The molecule has 0 saturated carbocycles. The minimum atomic E-state index is -0.461. The fraction of sp³-hybridized carbons (Fsp3) is 0.0182. The van der Waals surface area contributed by atoms with Gasteiger partial charge in [-0.25, -0.2) is 0 Å². The van der Waals surface area contributed by atoms with E-state index in [1.807, 2.05) is 17.4 Å². The van der Waals surface area contributed by atoms with E-state index < -0.39 is 5.41 Å². The van der Waals surface area contributed by atoms with Gasteiger partial charge in [-0.15, -0.1) is 11.3 Å². The van der Waals surface area contributed by atoms with Crippen LogP contribution >= 0.6 is 11.3 Å². The van der Waals surface area contributed by atoms with Crippen LogP contribution in [0.3, 0.4) is 0 Å². The zero-order valence-electron chi connectivity index (χ0n) is 31.5. The van der Waals surface area contributed by atoms with Crippen molar-refractivity contribution in [2.75, 3.05) is 4.90 Å². The van der Waals surface area contributed by atoms with E-state index in [0.717, 1.165) is 50.1 Å². The maximum absolute atomic E-state index is 6.55. The summed E-state index contributed by atoms with van der Waals surface area (Å²) >= 11 is 1.85. The molecule has 11 aromatic rings. The van der Waals surface area contributed by atoms with Gasteiger partial charge in [-0.05, 0) is 93.5 Å². The molecule has 0 atom stereocenters. The quantitative estimate of drug-likeness (QED) is 0.168. The Hall–Kier alpha value is -7.20. The van der Waals surface area contributed by atoms with Gasteiger partial charge in [0.2, 0.25) is 0 Å². The number of nitrogens with zero attached hydrogens (tertiary/aromatic N) is 1. The summed E-state index contributed by atoms with van der Waals surface area (Å²) in [5.41, 5.74) is 14.4. The van der Waals surface area contributed by atoms with Crippen molar-refractivity contribution in [3.05, 3.63) is 235 Å². The fourth-order valence-electron chi connectivity index (χ4n) is 9.66. The molecular weight excluding hydrogens is 723 g/mol. The van der Waals surface area contributed by atoms with Crippen molar-refractivity contribution < 1.29 is 4.42 Å². The first-order valence-electron chi connectivity index (χ1n) is 19.8. The number of benzene rings is 9. The summed E-state index contributed by atoms with van der Waals surface area (Å²) in [7, 11) is 0. The van der Waals surface area contributed by atoms with Crippen LogP contribution in [0, 0.1) is 0 Å². The molecular formula is C55H35NOS. The molecule has 0 fully saturated rings. The standard InChI is InChI=1S/C55H35NOS/c1-3-16-37(17-4-1)55(38-18-5-2-6-19-38)49-26-10-7-21-43(49)47-34-40(29-31-50(47)55)56(41-30-32-53-48(35-41)45-23-9-12-28-52(45)58-53)39-20-13-15-36(33-39)42-24-14-25-46-44-22-8-11-27-51(44)57-54(42)46/h1-35H. The lowest BCUT2D eigenvalue weighted by molar-refractivity contribution is 0.670. The number of para-hydroxylation sites is 2. The molecule has 0 saturated heterocycles. The normalized spacial score (nSPS) is 13.0. The minimum absolute atomic E-state index is 0.461. The highest BCUT2D eigenvalue weighted by molar-refractivity contribution is 7.25. The average Bonchev–Trinajstić information content (AvgIpc) is 3.95. The van der Waals surface area contributed by atoms with E-state index in [0.29, 0.717) is 0 Å². The number of hydrogen-bond acceptors (Lipinski definition) is 3. The summed E-state index contributed by atoms with van der Waals surface area (Å²) < 4.78 is 9.14. The zero-order chi connectivity index (χ0) is 38.2. The first-order chi connectivity index (χ1) is 28.8. The molecule has 9 aromatic carbocycles. The van der Waals surface area contributed by atoms with Gasteiger partial charge in [0.05, 0.1) is 5.41 Å². The maximum atomic E-state index is 6.55. The zero-order valence-corrected chi connectivity index (χ0v) is 32.3. The molecule has 2 heterocycles. The molecule has 0 N–H and O–H groups in total. The smallest absolute Gasteiger partial charge is 0.143 e. The van der Waals surface area contributed by atoms with E-state index in [1.54, 1.807) is 0 Å². The van der Waals surface area contributed by atoms with Gasteiger partial charge in [-0.2, -0.15) is 0 Å². The average molecular weight is 758 g/mol. The SMILES string of the molecule is c1ccc(C2(c3ccccc3)c3ccccc3-c3cc(N(c4cccc(-c5cccc6c5oc5ccccc56)c4)c4ccc5sc6ccccc6c5c4)ccc32)cc1. The van der Waals surface area contributed by atoms with Gasteiger partial charge in [0.1, 0.15) is 11.2 Å². The van der Waals surface area contributed by atoms with Crippen molar-refractivity contribution in [2.45, 2.75) is 5.41 Å². The molecule has 0 amide bonds. The van der Waals surface area contributed by atoms with Crippen molar-refractivity contribution in [1.82, 2.24) is 0 Å². The predicted molar refractivity (Wildman–Crippen MR) is 244 cm³/mol. The summed E-state index contributed by atoms with van der Waals surface area (Å²) in [5.74, 6) is 0. The number of fused-ring (bicyclic) bond motifs is 9. The van der Waals surface area contributed by atoms with Gasteiger partial charge in [0.15, 0.2) is 0 Å². The van der Waals surface area contributed by atoms with Crippen LogP contribution in [0.5, 0.6) is 0 Å². The first kappa shape index (κ1) is 33.0. The molecule has 1 aliphatic rings. The first-order valence-corrected chi connectivity index (χ1v) is 20.6. The molecule has 0 spiro atoms. The molecule has 2 nitrogen and oxygen atoms in total. The second-order valence-corrected chi connectivity index (χ2v) is 16.3. The Balaban J connectivity index is 1.10. The van der Waals surface area contributed by atoms with Crippen molar-refractivity contribution >= 4 is 70.5 Å². The van der Waals surface area contributed by atoms with E-state index in [1.165, 1.54) is 53.6 Å². The molecule has 0 unspecified atom stereocenters. The van der Waals surface area contributed by atoms with Gasteiger partial charge >= 0.3 is 0 Å². The van der Waals surface area contributed by atoms with E-state index in [-0.39, 0.29) is 0 Å². The Labute approximate surface area is 340 Å². The highest BCUT2D eigenvalue weighted by Crippen LogP contribution is 2.57. The van der Waals surface area contributed by atoms with E-state index in [4.69, 9.17) is 4.42 Å². The van der Waals surface area contributed by atoms with E-state index in [9.17, 15) is 0 Å². The van der Waals surface area contributed by atoms with Crippen LogP contribution in [0.4, 0.5) is 17.1 Å². The van der Waals surface area contributed by atoms with Gasteiger partial charge < -0.3 is 9.32 Å². The molecule has 58 heavy (non-hydrogen) atoms. The number of hydrogen-bond donors (Lipinski definition) is 0. The largest absolute Gasteiger partial charge is 0.455 e. The Morgan fingerprint density at radius 3 is 1.83 bits per heavy atom. The second kappa shape index (κ2) is 12.9. The van der Waals surface area contributed by atoms with Gasteiger partial charge in [-0.1, -0.05) is 158 Å². The molecule has 1 aliphatic carbocycles. The number of rotatable bonds is 6. The Bertz CT molecular complexity index is 3320. The molecule has 0 aliphatic heterocycles. The predicted octanol–water partition coefficient (Wildman–Crippen LogP) is 15.5.